The summed E-state index contributed by atoms with van der Waals surface area (Å²) in [6.45, 7) is 5.62. The molecule has 2 aromatic carbocycles. The van der Waals surface area contributed by atoms with Crippen LogP contribution in [0.3, 0.4) is 0 Å². The van der Waals surface area contributed by atoms with Gasteiger partial charge in [0, 0.05) is 81.2 Å². The monoisotopic (exact) mass is 1180 g/mol. The van der Waals surface area contributed by atoms with Crippen LogP contribution in [-0.2, 0) is 73.7 Å². The van der Waals surface area contributed by atoms with E-state index in [0.29, 0.717) is 10.8 Å². The highest BCUT2D eigenvalue weighted by atomic mass is 19.1. The molecule has 1 aromatic heterocycles. The lowest BCUT2D eigenvalue weighted by Gasteiger charge is -2.41. The molecular weight excluding hydrogens is 1110 g/mol. The van der Waals surface area contributed by atoms with E-state index in [1.807, 2.05) is 0 Å². The van der Waals surface area contributed by atoms with Crippen LogP contribution in [0.15, 0.2) is 60.8 Å². The molecule has 0 saturated carbocycles. The lowest BCUT2D eigenvalue weighted by molar-refractivity contribution is -0.197. The minimum atomic E-state index is -1.99. The first kappa shape index (κ1) is 67.4. The molecule has 0 aliphatic carbocycles. The fraction of sp³-hybridized carbons (Fsp3) is 0.473. The lowest BCUT2D eigenvalue weighted by atomic mass is 9.82. The SMILES string of the molecule is C[C@H](NC(=O)CCCC(=O)ON1C(=O)CCC1=O)C(=O)N[C@H](C)C(=O)N[C@@H](CC(=O)O)C(=O)N[C@@H](CCN(C(=O)CO)[C@@H](c1cc(-c2cc(F)ccc2F)cn1Cc1ccccc1)C(C)(C)C)C(=O)NCCC(=O)N[C@H](CCC(=O)O)C(=O)O. The molecule has 84 heavy (non-hydrogen) atoms. The topological polar surface area (TPSA) is 396 Å². The fourth-order valence-corrected chi connectivity index (χ4v) is 8.79. The van der Waals surface area contributed by atoms with Crippen molar-refractivity contribution in [3.63, 3.8) is 0 Å². The van der Waals surface area contributed by atoms with E-state index in [1.165, 1.54) is 11.8 Å². The van der Waals surface area contributed by atoms with Gasteiger partial charge in [-0.25, -0.2) is 18.4 Å². The van der Waals surface area contributed by atoms with E-state index in [1.54, 1.807) is 67.9 Å². The van der Waals surface area contributed by atoms with Gasteiger partial charge in [0.1, 0.15) is 48.5 Å². The van der Waals surface area contributed by atoms with E-state index in [0.717, 1.165) is 30.7 Å². The van der Waals surface area contributed by atoms with Gasteiger partial charge in [0.2, 0.25) is 41.4 Å². The van der Waals surface area contributed by atoms with Crippen molar-refractivity contribution in [3.05, 3.63) is 83.7 Å². The van der Waals surface area contributed by atoms with Gasteiger partial charge >= 0.3 is 23.9 Å². The number of amides is 9. The maximum Gasteiger partial charge on any atom is 0.333 e. The molecule has 0 spiro atoms. The Hall–Kier alpha value is -9.15. The predicted octanol–water partition coefficient (Wildman–Crippen LogP) is 0.952. The van der Waals surface area contributed by atoms with Crippen molar-refractivity contribution in [2.24, 2.45) is 5.41 Å². The van der Waals surface area contributed by atoms with E-state index in [2.05, 4.69) is 31.9 Å². The van der Waals surface area contributed by atoms with Crippen molar-refractivity contribution in [1.82, 2.24) is 46.4 Å². The number of imide groups is 1. The maximum absolute atomic E-state index is 15.4. The smallest absolute Gasteiger partial charge is 0.333 e. The van der Waals surface area contributed by atoms with Gasteiger partial charge in [-0.05, 0) is 68.4 Å². The Bertz CT molecular complexity index is 2930. The third-order valence-corrected chi connectivity index (χ3v) is 13.0. The fourth-order valence-electron chi connectivity index (χ4n) is 8.79. The van der Waals surface area contributed by atoms with Crippen molar-refractivity contribution < 1.29 is 96.4 Å². The molecule has 0 bridgehead atoms. The first-order chi connectivity index (χ1) is 39.5. The Morgan fingerprint density at radius 2 is 1.31 bits per heavy atom. The number of hydrogen-bond donors (Lipinski definition) is 10. The van der Waals surface area contributed by atoms with Gasteiger partial charge in [-0.1, -0.05) is 51.1 Å². The number of aliphatic hydroxyl groups is 1. The van der Waals surface area contributed by atoms with Gasteiger partial charge in [-0.2, -0.15) is 0 Å². The van der Waals surface area contributed by atoms with Crippen LogP contribution in [0.2, 0.25) is 0 Å². The number of aliphatic carboxylic acids is 3. The summed E-state index contributed by atoms with van der Waals surface area (Å²) in [4.78, 5) is 171. The molecule has 1 aliphatic rings. The number of hydrogen-bond acceptors (Lipinski definition) is 15. The number of carboxylic acids is 3. The summed E-state index contributed by atoms with van der Waals surface area (Å²) in [5.74, 6) is -15.3. The van der Waals surface area contributed by atoms with Gasteiger partial charge < -0.3 is 66.6 Å². The van der Waals surface area contributed by atoms with Crippen LogP contribution in [0.1, 0.15) is 116 Å². The van der Waals surface area contributed by atoms with Crippen LogP contribution < -0.4 is 31.9 Å². The minimum Gasteiger partial charge on any atom is -0.481 e. The number of nitrogens with zero attached hydrogens (tertiary/aromatic N) is 3. The van der Waals surface area contributed by atoms with Crippen molar-refractivity contribution in [1.29, 1.82) is 0 Å². The summed E-state index contributed by atoms with van der Waals surface area (Å²) >= 11 is 0. The van der Waals surface area contributed by atoms with Gasteiger partial charge in [-0.3, -0.25) is 52.7 Å². The van der Waals surface area contributed by atoms with E-state index in [9.17, 15) is 82.0 Å². The zero-order valence-electron chi connectivity index (χ0n) is 46.7. The summed E-state index contributed by atoms with van der Waals surface area (Å²) in [5, 5.41) is 53.0. The third-order valence-electron chi connectivity index (χ3n) is 13.0. The summed E-state index contributed by atoms with van der Waals surface area (Å²) in [5.41, 5.74) is 0.212. The largest absolute Gasteiger partial charge is 0.481 e. The molecule has 0 unspecified atom stereocenters. The molecule has 9 amide bonds. The molecule has 27 nitrogen and oxygen atoms in total. The Labute approximate surface area is 480 Å². The van der Waals surface area contributed by atoms with Crippen molar-refractivity contribution in [2.45, 2.75) is 142 Å². The number of carbonyl (C=O) groups excluding carboxylic acids is 10. The maximum atomic E-state index is 15.4. The van der Waals surface area contributed by atoms with Crippen LogP contribution in [0.4, 0.5) is 8.78 Å². The molecule has 1 fully saturated rings. The molecule has 6 atom stereocenters. The molecule has 0 radical (unpaired) electrons. The first-order valence-corrected chi connectivity index (χ1v) is 26.6. The molecule has 3 aromatic rings. The van der Waals surface area contributed by atoms with Gasteiger partial charge in [0.05, 0.1) is 12.5 Å². The quantitative estimate of drug-likeness (QED) is 0.0389. The molecule has 1 saturated heterocycles. The Balaban J connectivity index is 1.59. The standard InChI is InChI=1S/C55H69F2N9O18/c1-30(59-41(68)12-9-13-48(77)84-66-43(70)17-18-44(66)71)50(78)60-31(2)51(79)63-39(26-47(75)76)53(81)62-37(52(80)58-22-20-42(69)61-38(54(82)83)16-19-46(73)74)21-23-65(45(72)29-67)49(55(3,4)5)40-24-33(35-25-34(56)14-15-36(35)57)28-64(40)27-32-10-7-6-8-11-32/h6-8,10-11,14-15,24-25,28,30-31,37-39,49,67H,9,12-13,16-23,26-27,29H2,1-5H3,(H,58,80)(H,59,68)(H,60,78)(H,61,69)(H,62,81)(H,63,79)(H,73,74)(H,75,76)(H,82,83)/t30-,31+,37-,38+,39-,49-/m0/s1. The number of hydroxylamine groups is 2. The van der Waals surface area contributed by atoms with E-state index < -0.39 is 182 Å². The van der Waals surface area contributed by atoms with Crippen molar-refractivity contribution in [2.75, 3.05) is 19.7 Å². The molecule has 1 aliphatic heterocycles. The Kier molecular flexibility index (Phi) is 25.1. The average Bonchev–Trinajstić information content (AvgIpc) is 2.02. The van der Waals surface area contributed by atoms with Crippen molar-refractivity contribution in [3.8, 4) is 11.1 Å². The van der Waals surface area contributed by atoms with Crippen LogP contribution in [0.5, 0.6) is 0 Å². The predicted molar refractivity (Wildman–Crippen MR) is 287 cm³/mol. The Morgan fingerprint density at radius 3 is 1.92 bits per heavy atom. The molecule has 2 heterocycles. The van der Waals surface area contributed by atoms with E-state index in [-0.39, 0.29) is 49.8 Å². The van der Waals surface area contributed by atoms with Gasteiger partial charge in [0.15, 0.2) is 0 Å². The summed E-state index contributed by atoms with van der Waals surface area (Å²) in [6, 6.07) is 4.09. The summed E-state index contributed by atoms with van der Waals surface area (Å²) in [7, 11) is 0. The zero-order chi connectivity index (χ0) is 62.6. The van der Waals surface area contributed by atoms with Gasteiger partial charge in [-0.15, -0.1) is 5.06 Å². The van der Waals surface area contributed by atoms with Crippen LogP contribution >= 0.6 is 0 Å². The highest BCUT2D eigenvalue weighted by Gasteiger charge is 2.39. The first-order valence-electron chi connectivity index (χ1n) is 26.6. The second-order valence-electron chi connectivity index (χ2n) is 20.8. The second kappa shape index (κ2) is 31.3. The van der Waals surface area contributed by atoms with Crippen LogP contribution in [0.25, 0.3) is 11.1 Å². The summed E-state index contributed by atoms with van der Waals surface area (Å²) < 4.78 is 31.7. The van der Waals surface area contributed by atoms with Gasteiger partial charge in [0.25, 0.3) is 11.8 Å². The molecule has 456 valence electrons. The normalized spacial score (nSPS) is 14.4. The molecule has 10 N–H and O–H groups in total. The van der Waals surface area contributed by atoms with Crippen molar-refractivity contribution >= 4 is 77.0 Å². The number of aliphatic hydroxyl groups excluding tert-OH is 1. The van der Waals surface area contributed by atoms with E-state index >= 15 is 4.39 Å². The molecular formula is C55H69F2N9O18. The third kappa shape index (κ3) is 20.7. The van der Waals surface area contributed by atoms with E-state index in [4.69, 9.17) is 9.94 Å². The number of rotatable bonds is 32. The summed E-state index contributed by atoms with van der Waals surface area (Å²) in [6.07, 6.45) is -2.82. The highest BCUT2D eigenvalue weighted by molar-refractivity contribution is 6.01. The second-order valence-corrected chi connectivity index (χ2v) is 20.8. The number of carboxylic acid groups (broad SMARTS) is 3. The number of nitrogens with one attached hydrogen (secondary N) is 6. The Morgan fingerprint density at radius 1 is 0.690 bits per heavy atom. The average molecular weight is 1180 g/mol. The number of benzene rings is 2. The highest BCUT2D eigenvalue weighted by Crippen LogP contribution is 2.41. The lowest BCUT2D eigenvalue weighted by Crippen LogP contribution is -2.58. The molecule has 4 rings (SSSR count). The number of halogens is 2. The number of aromatic nitrogens is 1. The zero-order valence-corrected chi connectivity index (χ0v) is 46.7. The van der Waals surface area contributed by atoms with Crippen LogP contribution in [-0.4, -0.2) is 162 Å². The minimum absolute atomic E-state index is 0.114. The number of carbonyl (C=O) groups is 13. The van der Waals surface area contributed by atoms with Crippen LogP contribution in [0, 0.1) is 17.0 Å². The molecule has 29 heteroatoms.